The van der Waals surface area contributed by atoms with Gasteiger partial charge in [-0.2, -0.15) is 0 Å². The molecule has 19 heavy (non-hydrogen) atoms. The zero-order chi connectivity index (χ0) is 14.0. The minimum atomic E-state index is -0.626. The van der Waals surface area contributed by atoms with Gasteiger partial charge in [0.05, 0.1) is 0 Å². The molecule has 2 rings (SSSR count). The van der Waals surface area contributed by atoms with Crippen molar-refractivity contribution < 1.29 is 13.2 Å². The van der Waals surface area contributed by atoms with Crippen molar-refractivity contribution in [1.29, 1.82) is 0 Å². The Morgan fingerprint density at radius 3 is 2.16 bits per heavy atom. The third-order valence-electron chi connectivity index (χ3n) is 2.94. The van der Waals surface area contributed by atoms with Crippen LogP contribution in [-0.2, 0) is 0 Å². The molecule has 0 fully saturated rings. The van der Waals surface area contributed by atoms with Crippen LogP contribution >= 0.6 is 0 Å². The number of rotatable bonds is 3. The smallest absolute Gasteiger partial charge is 0.128 e. The second kappa shape index (κ2) is 5.34. The summed E-state index contributed by atoms with van der Waals surface area (Å²) in [7, 11) is 0. The van der Waals surface area contributed by atoms with E-state index >= 15 is 0 Å². The Morgan fingerprint density at radius 1 is 0.947 bits per heavy atom. The monoisotopic (exact) mass is 265 g/mol. The van der Waals surface area contributed by atoms with Crippen LogP contribution in [0.2, 0.25) is 0 Å². The summed E-state index contributed by atoms with van der Waals surface area (Å²) in [6.07, 6.45) is 0. The van der Waals surface area contributed by atoms with Crippen LogP contribution in [0.15, 0.2) is 36.4 Å². The van der Waals surface area contributed by atoms with E-state index in [1.165, 1.54) is 18.2 Å². The van der Waals surface area contributed by atoms with Crippen molar-refractivity contribution in [2.45, 2.75) is 19.9 Å². The fourth-order valence-corrected chi connectivity index (χ4v) is 1.84. The molecule has 0 radical (unpaired) electrons. The van der Waals surface area contributed by atoms with E-state index in [0.29, 0.717) is 16.8 Å². The summed E-state index contributed by atoms with van der Waals surface area (Å²) in [6.45, 7) is 3.43. The van der Waals surface area contributed by atoms with Crippen LogP contribution in [0.4, 0.5) is 18.9 Å². The first-order chi connectivity index (χ1) is 8.95. The Labute approximate surface area is 110 Å². The van der Waals surface area contributed by atoms with Gasteiger partial charge in [-0.25, -0.2) is 13.2 Å². The highest BCUT2D eigenvalue weighted by molar-refractivity contribution is 5.47. The van der Waals surface area contributed by atoms with Gasteiger partial charge < -0.3 is 5.32 Å². The molecule has 1 N–H and O–H groups in total. The fourth-order valence-electron chi connectivity index (χ4n) is 1.84. The Kier molecular flexibility index (Phi) is 3.79. The van der Waals surface area contributed by atoms with Crippen LogP contribution in [-0.4, -0.2) is 0 Å². The molecule has 0 amide bonds. The summed E-state index contributed by atoms with van der Waals surface area (Å²) in [5.41, 5.74) is 1.59. The molecule has 0 bridgehead atoms. The van der Waals surface area contributed by atoms with E-state index in [0.717, 1.165) is 6.07 Å². The van der Waals surface area contributed by atoms with Crippen LogP contribution in [0.3, 0.4) is 0 Å². The first kappa shape index (κ1) is 13.5. The molecule has 4 heteroatoms. The van der Waals surface area contributed by atoms with Gasteiger partial charge in [-0.3, -0.25) is 0 Å². The van der Waals surface area contributed by atoms with Gasteiger partial charge in [0.15, 0.2) is 0 Å². The van der Waals surface area contributed by atoms with Gasteiger partial charge in [0, 0.05) is 17.8 Å². The van der Waals surface area contributed by atoms with E-state index in [-0.39, 0.29) is 11.9 Å². The second-order valence-corrected chi connectivity index (χ2v) is 4.53. The summed E-state index contributed by atoms with van der Waals surface area (Å²) in [5, 5.41) is 3.01. The number of hydrogen-bond acceptors (Lipinski definition) is 1. The van der Waals surface area contributed by atoms with Crippen LogP contribution in [0.5, 0.6) is 0 Å². The lowest BCUT2D eigenvalue weighted by Crippen LogP contribution is -2.07. The van der Waals surface area contributed by atoms with Crippen LogP contribution in [0, 0.1) is 24.4 Å². The zero-order valence-corrected chi connectivity index (χ0v) is 10.7. The highest BCUT2D eigenvalue weighted by Gasteiger charge is 2.09. The Morgan fingerprint density at radius 2 is 1.58 bits per heavy atom. The molecule has 1 unspecified atom stereocenters. The van der Waals surface area contributed by atoms with Gasteiger partial charge in [-0.05, 0) is 49.2 Å². The molecule has 2 aromatic rings. The zero-order valence-electron chi connectivity index (χ0n) is 10.7. The third kappa shape index (κ3) is 3.28. The Bertz CT molecular complexity index is 576. The predicted molar refractivity (Wildman–Crippen MR) is 69.5 cm³/mol. The molecule has 0 saturated carbocycles. The van der Waals surface area contributed by atoms with Crippen molar-refractivity contribution in [2.75, 3.05) is 5.32 Å². The maximum atomic E-state index is 13.4. The van der Waals surface area contributed by atoms with E-state index in [9.17, 15) is 13.2 Å². The molecule has 0 saturated heterocycles. The first-order valence-corrected chi connectivity index (χ1v) is 5.94. The van der Waals surface area contributed by atoms with Crippen LogP contribution in [0.1, 0.15) is 24.1 Å². The average Bonchev–Trinajstić information content (AvgIpc) is 2.32. The SMILES string of the molecule is Cc1ccc(NC(C)c2cc(F)cc(F)c2)cc1F. The van der Waals surface area contributed by atoms with Crippen molar-refractivity contribution in [3.05, 3.63) is 65.0 Å². The molecule has 1 nitrogen and oxygen atoms in total. The molecule has 0 aliphatic heterocycles. The van der Waals surface area contributed by atoms with Gasteiger partial charge in [0.2, 0.25) is 0 Å². The topological polar surface area (TPSA) is 12.0 Å². The molecule has 100 valence electrons. The minimum Gasteiger partial charge on any atom is -0.378 e. The summed E-state index contributed by atoms with van der Waals surface area (Å²) in [5.74, 6) is -1.57. The fraction of sp³-hybridized carbons (Fsp3) is 0.200. The van der Waals surface area contributed by atoms with Crippen molar-refractivity contribution in [2.24, 2.45) is 0 Å². The maximum absolute atomic E-state index is 13.4. The lowest BCUT2D eigenvalue weighted by molar-refractivity contribution is 0.577. The number of halogens is 3. The third-order valence-corrected chi connectivity index (χ3v) is 2.94. The number of nitrogens with one attached hydrogen (secondary N) is 1. The molecule has 0 aliphatic rings. The van der Waals surface area contributed by atoms with Gasteiger partial charge in [-0.1, -0.05) is 6.07 Å². The van der Waals surface area contributed by atoms with Crippen molar-refractivity contribution in [3.8, 4) is 0 Å². The predicted octanol–water partition coefficient (Wildman–Crippen LogP) is 4.59. The molecule has 0 spiro atoms. The molecular formula is C15H14F3N. The summed E-state index contributed by atoms with van der Waals surface area (Å²) >= 11 is 0. The summed E-state index contributed by atoms with van der Waals surface area (Å²) in [4.78, 5) is 0. The minimum absolute atomic E-state index is 0.317. The molecule has 1 atom stereocenters. The molecule has 2 aromatic carbocycles. The van der Waals surface area contributed by atoms with Gasteiger partial charge in [0.1, 0.15) is 17.5 Å². The quantitative estimate of drug-likeness (QED) is 0.856. The van der Waals surface area contributed by atoms with Gasteiger partial charge in [0.25, 0.3) is 0 Å². The van der Waals surface area contributed by atoms with Crippen molar-refractivity contribution in [1.82, 2.24) is 0 Å². The maximum Gasteiger partial charge on any atom is 0.128 e. The molecule has 0 heterocycles. The summed E-state index contributed by atoms with van der Waals surface area (Å²) < 4.78 is 39.6. The average molecular weight is 265 g/mol. The normalized spacial score (nSPS) is 12.3. The Balaban J connectivity index is 2.20. The van der Waals surface area contributed by atoms with Crippen LogP contribution in [0.25, 0.3) is 0 Å². The van der Waals surface area contributed by atoms with Gasteiger partial charge >= 0.3 is 0 Å². The lowest BCUT2D eigenvalue weighted by atomic mass is 10.1. The highest BCUT2D eigenvalue weighted by atomic mass is 19.1. The lowest BCUT2D eigenvalue weighted by Gasteiger charge is -2.16. The standard InChI is InChI=1S/C15H14F3N/c1-9-3-4-14(8-15(9)18)19-10(2)11-5-12(16)7-13(17)6-11/h3-8,10,19H,1-2H3. The van der Waals surface area contributed by atoms with Crippen LogP contribution < -0.4 is 5.32 Å². The first-order valence-electron chi connectivity index (χ1n) is 5.94. The molecule has 0 aromatic heterocycles. The summed E-state index contributed by atoms with van der Waals surface area (Å²) in [6, 6.07) is 7.74. The number of aryl methyl sites for hydroxylation is 1. The number of anilines is 1. The van der Waals surface area contributed by atoms with Crippen molar-refractivity contribution in [3.63, 3.8) is 0 Å². The largest absolute Gasteiger partial charge is 0.378 e. The van der Waals surface area contributed by atoms with Crippen molar-refractivity contribution >= 4 is 5.69 Å². The number of hydrogen-bond donors (Lipinski definition) is 1. The molecular weight excluding hydrogens is 251 g/mol. The molecule has 0 aliphatic carbocycles. The van der Waals surface area contributed by atoms with E-state index in [2.05, 4.69) is 5.32 Å². The Hall–Kier alpha value is -1.97. The second-order valence-electron chi connectivity index (χ2n) is 4.53. The van der Waals surface area contributed by atoms with E-state index in [1.807, 2.05) is 0 Å². The van der Waals surface area contributed by atoms with E-state index in [4.69, 9.17) is 0 Å². The van der Waals surface area contributed by atoms with Gasteiger partial charge in [-0.15, -0.1) is 0 Å². The number of benzene rings is 2. The van der Waals surface area contributed by atoms with E-state index < -0.39 is 11.6 Å². The van der Waals surface area contributed by atoms with E-state index in [1.54, 1.807) is 26.0 Å². The highest BCUT2D eigenvalue weighted by Crippen LogP contribution is 2.22.